The maximum absolute atomic E-state index is 11.7. The van der Waals surface area contributed by atoms with E-state index in [0.717, 1.165) is 8.47 Å². The Kier molecular flexibility index (Phi) is 5.92. The van der Waals surface area contributed by atoms with Gasteiger partial charge in [-0.15, -0.1) is 0 Å². The first-order valence-corrected chi connectivity index (χ1v) is 6.24. The van der Waals surface area contributed by atoms with Gasteiger partial charge < -0.3 is 11.1 Å². The largest absolute Gasteiger partial charge is 0.330 e. The Morgan fingerprint density at radius 3 is 2.76 bits per heavy atom. The van der Waals surface area contributed by atoms with Crippen molar-refractivity contribution in [3.63, 3.8) is 0 Å². The fraction of sp³-hybridized carbons (Fsp3) is 0.273. The topological polar surface area (TPSA) is 75.4 Å². The molecule has 5 nitrogen and oxygen atoms in total. The molecule has 3 amide bonds. The van der Waals surface area contributed by atoms with Crippen molar-refractivity contribution >= 4 is 40.7 Å². The van der Waals surface area contributed by atoms with Gasteiger partial charge in [0.05, 0.1) is 5.69 Å². The average Bonchev–Trinajstić information content (AvgIpc) is 2.33. The number of nitrogens with one attached hydrogen (secondary N) is 1. The SMILES string of the molecule is NCCCN(C=O)C(=O)Nc1ccccc1I. The second-order valence-electron chi connectivity index (χ2n) is 3.35. The smallest absolute Gasteiger partial charge is 0.328 e. The van der Waals surface area contributed by atoms with Crippen LogP contribution in [0.1, 0.15) is 6.42 Å². The highest BCUT2D eigenvalue weighted by Crippen LogP contribution is 2.17. The van der Waals surface area contributed by atoms with E-state index in [-0.39, 0.29) is 0 Å². The minimum atomic E-state index is -0.433. The number of amides is 3. The molecular weight excluding hydrogens is 333 g/mol. The van der Waals surface area contributed by atoms with Gasteiger partial charge in [0.2, 0.25) is 6.41 Å². The molecule has 0 heterocycles. The Bertz CT molecular complexity index is 398. The van der Waals surface area contributed by atoms with Crippen molar-refractivity contribution in [2.24, 2.45) is 5.73 Å². The van der Waals surface area contributed by atoms with Crippen molar-refractivity contribution in [1.29, 1.82) is 0 Å². The maximum atomic E-state index is 11.7. The summed E-state index contributed by atoms with van der Waals surface area (Å²) in [6.45, 7) is 0.774. The van der Waals surface area contributed by atoms with E-state index >= 15 is 0 Å². The Morgan fingerprint density at radius 1 is 1.47 bits per heavy atom. The molecule has 6 heteroatoms. The third-order valence-corrected chi connectivity index (χ3v) is 3.05. The van der Waals surface area contributed by atoms with E-state index in [9.17, 15) is 9.59 Å². The van der Waals surface area contributed by atoms with Crippen LogP contribution in [0.3, 0.4) is 0 Å². The van der Waals surface area contributed by atoms with Gasteiger partial charge in [-0.1, -0.05) is 12.1 Å². The summed E-state index contributed by atoms with van der Waals surface area (Å²) < 4.78 is 0.920. The van der Waals surface area contributed by atoms with E-state index in [1.54, 1.807) is 6.07 Å². The predicted octanol–water partition coefficient (Wildman–Crippen LogP) is 1.63. The number of hydrogen-bond donors (Lipinski definition) is 2. The first-order valence-electron chi connectivity index (χ1n) is 5.16. The second kappa shape index (κ2) is 7.23. The first-order chi connectivity index (χ1) is 8.19. The Balaban J connectivity index is 2.64. The summed E-state index contributed by atoms with van der Waals surface area (Å²) in [5.41, 5.74) is 6.03. The number of nitrogens with zero attached hydrogens (tertiary/aromatic N) is 1. The Hall–Kier alpha value is -1.15. The standard InChI is InChI=1S/C11H14IN3O2/c12-9-4-1-2-5-10(9)14-11(17)15(8-16)7-3-6-13/h1-2,4-5,8H,3,6-7,13H2,(H,14,17). The van der Waals surface area contributed by atoms with Crippen molar-refractivity contribution in [1.82, 2.24) is 4.90 Å². The van der Waals surface area contributed by atoms with Crippen LogP contribution in [0.25, 0.3) is 0 Å². The zero-order valence-corrected chi connectivity index (χ0v) is 11.4. The maximum Gasteiger partial charge on any atom is 0.328 e. The molecule has 1 aromatic carbocycles. The summed E-state index contributed by atoms with van der Waals surface area (Å²) in [7, 11) is 0. The lowest BCUT2D eigenvalue weighted by atomic mass is 10.3. The monoisotopic (exact) mass is 347 g/mol. The van der Waals surface area contributed by atoms with Crippen molar-refractivity contribution < 1.29 is 9.59 Å². The van der Waals surface area contributed by atoms with Gasteiger partial charge in [0, 0.05) is 10.1 Å². The number of rotatable bonds is 5. The normalized spacial score (nSPS) is 9.76. The van der Waals surface area contributed by atoms with Gasteiger partial charge in [-0.2, -0.15) is 0 Å². The van der Waals surface area contributed by atoms with E-state index in [0.29, 0.717) is 31.6 Å². The van der Waals surface area contributed by atoms with Crippen LogP contribution in [-0.4, -0.2) is 30.4 Å². The van der Waals surface area contributed by atoms with E-state index in [1.807, 2.05) is 18.2 Å². The number of anilines is 1. The molecular formula is C11H14IN3O2. The minimum Gasteiger partial charge on any atom is -0.330 e. The number of nitrogens with two attached hydrogens (primary N) is 1. The van der Waals surface area contributed by atoms with Crippen LogP contribution in [0.4, 0.5) is 10.5 Å². The molecule has 0 radical (unpaired) electrons. The van der Waals surface area contributed by atoms with E-state index < -0.39 is 6.03 Å². The molecule has 1 rings (SSSR count). The van der Waals surface area contributed by atoms with Crippen LogP contribution in [0.5, 0.6) is 0 Å². The molecule has 0 fully saturated rings. The van der Waals surface area contributed by atoms with Crippen LogP contribution < -0.4 is 11.1 Å². The lowest BCUT2D eigenvalue weighted by Crippen LogP contribution is -2.35. The zero-order chi connectivity index (χ0) is 12.7. The summed E-state index contributed by atoms with van der Waals surface area (Å²) in [4.78, 5) is 23.6. The second-order valence-corrected chi connectivity index (χ2v) is 4.51. The van der Waals surface area contributed by atoms with E-state index in [1.165, 1.54) is 0 Å². The van der Waals surface area contributed by atoms with Crippen molar-refractivity contribution in [2.75, 3.05) is 18.4 Å². The van der Waals surface area contributed by atoms with Gasteiger partial charge in [-0.05, 0) is 47.7 Å². The molecule has 0 aliphatic heterocycles. The number of imide groups is 1. The third kappa shape index (κ3) is 4.31. The number of benzene rings is 1. The van der Waals surface area contributed by atoms with Crippen molar-refractivity contribution in [2.45, 2.75) is 6.42 Å². The Labute approximate surface area is 113 Å². The number of urea groups is 1. The minimum absolute atomic E-state index is 0.329. The molecule has 0 spiro atoms. The molecule has 0 bridgehead atoms. The zero-order valence-electron chi connectivity index (χ0n) is 9.23. The molecule has 0 aliphatic rings. The van der Waals surface area contributed by atoms with Crippen molar-refractivity contribution in [3.05, 3.63) is 27.8 Å². The molecule has 0 saturated carbocycles. The summed E-state index contributed by atoms with van der Waals surface area (Å²) in [5, 5.41) is 2.68. The number of halogens is 1. The molecule has 0 saturated heterocycles. The number of hydrogen-bond acceptors (Lipinski definition) is 3. The molecule has 17 heavy (non-hydrogen) atoms. The predicted molar refractivity (Wildman–Crippen MR) is 74.6 cm³/mol. The van der Waals surface area contributed by atoms with Crippen LogP contribution >= 0.6 is 22.6 Å². The van der Waals surface area contributed by atoms with Gasteiger partial charge in [-0.3, -0.25) is 9.69 Å². The number of carbonyl (C=O) groups is 2. The first kappa shape index (κ1) is 13.9. The highest BCUT2D eigenvalue weighted by Gasteiger charge is 2.12. The van der Waals surface area contributed by atoms with Gasteiger partial charge in [-0.25, -0.2) is 4.79 Å². The molecule has 92 valence electrons. The van der Waals surface area contributed by atoms with E-state index in [4.69, 9.17) is 5.73 Å². The van der Waals surface area contributed by atoms with Gasteiger partial charge in [0.15, 0.2) is 0 Å². The highest BCUT2D eigenvalue weighted by molar-refractivity contribution is 14.1. The van der Waals surface area contributed by atoms with Gasteiger partial charge in [0.25, 0.3) is 0 Å². The van der Waals surface area contributed by atoms with Crippen LogP contribution in [0.15, 0.2) is 24.3 Å². The highest BCUT2D eigenvalue weighted by atomic mass is 127. The fourth-order valence-corrected chi connectivity index (χ4v) is 1.74. The summed E-state index contributed by atoms with van der Waals surface area (Å²) in [6, 6.07) is 6.93. The van der Waals surface area contributed by atoms with Crippen LogP contribution in [0.2, 0.25) is 0 Å². The quantitative estimate of drug-likeness (QED) is 0.628. The van der Waals surface area contributed by atoms with Crippen LogP contribution in [0, 0.1) is 3.57 Å². The molecule has 0 unspecified atom stereocenters. The van der Waals surface area contributed by atoms with E-state index in [2.05, 4.69) is 27.9 Å². The molecule has 1 aromatic rings. The summed E-state index contributed by atoms with van der Waals surface area (Å²) in [6.07, 6.45) is 1.11. The van der Waals surface area contributed by atoms with Crippen LogP contribution in [-0.2, 0) is 4.79 Å². The molecule has 3 N–H and O–H groups in total. The summed E-state index contributed by atoms with van der Waals surface area (Å²) in [5.74, 6) is 0. The number of para-hydroxylation sites is 1. The lowest BCUT2D eigenvalue weighted by Gasteiger charge is -2.16. The third-order valence-electron chi connectivity index (χ3n) is 2.11. The number of carbonyl (C=O) groups excluding carboxylic acids is 2. The average molecular weight is 347 g/mol. The molecule has 0 atom stereocenters. The summed E-state index contributed by atoms with van der Waals surface area (Å²) >= 11 is 2.12. The lowest BCUT2D eigenvalue weighted by molar-refractivity contribution is -0.115. The molecule has 0 aromatic heterocycles. The van der Waals surface area contributed by atoms with Gasteiger partial charge in [0.1, 0.15) is 0 Å². The Morgan fingerprint density at radius 2 is 2.18 bits per heavy atom. The molecule has 0 aliphatic carbocycles. The van der Waals surface area contributed by atoms with Crippen molar-refractivity contribution in [3.8, 4) is 0 Å². The fourth-order valence-electron chi connectivity index (χ4n) is 1.21. The van der Waals surface area contributed by atoms with Gasteiger partial charge >= 0.3 is 6.03 Å².